The van der Waals surface area contributed by atoms with Crippen LogP contribution in [0.2, 0.25) is 0 Å². The summed E-state index contributed by atoms with van der Waals surface area (Å²) in [4.78, 5) is 42.5. The average molecular weight is 478 g/mol. The number of nitrogens with zero attached hydrogens (tertiary/aromatic N) is 4. The van der Waals surface area contributed by atoms with Gasteiger partial charge < -0.3 is 25.6 Å². The molecule has 1 amide bonds. The van der Waals surface area contributed by atoms with Gasteiger partial charge in [0, 0.05) is 30.9 Å². The van der Waals surface area contributed by atoms with E-state index in [1.807, 2.05) is 17.0 Å². The van der Waals surface area contributed by atoms with Gasteiger partial charge in [-0.25, -0.2) is 14.8 Å². The van der Waals surface area contributed by atoms with Crippen molar-refractivity contribution in [2.24, 2.45) is 11.8 Å². The van der Waals surface area contributed by atoms with Crippen LogP contribution in [-0.4, -0.2) is 56.6 Å². The maximum absolute atomic E-state index is 12.7. The lowest BCUT2D eigenvalue weighted by atomic mass is 10.0. The molecule has 5 rings (SSSR count). The summed E-state index contributed by atoms with van der Waals surface area (Å²) < 4.78 is 0. The first-order valence-corrected chi connectivity index (χ1v) is 12.4. The Kier molecular flexibility index (Phi) is 6.63. The van der Waals surface area contributed by atoms with E-state index in [9.17, 15) is 14.7 Å². The lowest BCUT2D eigenvalue weighted by molar-refractivity contribution is -0.120. The largest absolute Gasteiger partial charge is 0.477 e. The minimum Gasteiger partial charge on any atom is -0.477 e. The molecule has 3 aromatic heterocycles. The highest BCUT2D eigenvalue weighted by Gasteiger charge is 2.43. The van der Waals surface area contributed by atoms with Crippen LogP contribution in [0.15, 0.2) is 24.4 Å². The molecule has 3 aromatic rings. The number of pyridine rings is 1. The highest BCUT2D eigenvalue weighted by Crippen LogP contribution is 2.32. The van der Waals surface area contributed by atoms with Gasteiger partial charge in [0.2, 0.25) is 11.9 Å². The third-order valence-corrected chi connectivity index (χ3v) is 6.95. The van der Waals surface area contributed by atoms with Gasteiger partial charge in [-0.05, 0) is 31.0 Å². The maximum Gasteiger partial charge on any atom is 0.352 e. The second kappa shape index (κ2) is 9.99. The average Bonchev–Trinajstić information content (AvgIpc) is 3.56. The molecule has 2 saturated heterocycles. The monoisotopic (exact) mass is 477 g/mol. The van der Waals surface area contributed by atoms with E-state index in [0.717, 1.165) is 49.1 Å². The second-order valence-electron chi connectivity index (χ2n) is 9.41. The summed E-state index contributed by atoms with van der Waals surface area (Å²) in [7, 11) is 0. The molecule has 0 saturated carbocycles. The van der Waals surface area contributed by atoms with E-state index in [0.29, 0.717) is 29.9 Å². The minimum atomic E-state index is -1.03. The number of fused-ring (bicyclic) bond motifs is 2. The summed E-state index contributed by atoms with van der Waals surface area (Å²) >= 11 is 0. The fourth-order valence-electron chi connectivity index (χ4n) is 5.03. The number of amides is 1. The molecule has 2 aliphatic rings. The van der Waals surface area contributed by atoms with E-state index in [-0.39, 0.29) is 17.5 Å². The third-order valence-electron chi connectivity index (χ3n) is 6.95. The number of rotatable bonds is 10. The molecular weight excluding hydrogens is 446 g/mol. The predicted octanol–water partition coefficient (Wildman–Crippen LogP) is 3.49. The second-order valence-corrected chi connectivity index (χ2v) is 9.41. The number of carboxylic acid groups (broad SMARTS) is 1. The molecule has 0 aromatic carbocycles. The zero-order valence-corrected chi connectivity index (χ0v) is 19.9. The van der Waals surface area contributed by atoms with Crippen molar-refractivity contribution in [2.75, 3.05) is 29.9 Å². The summed E-state index contributed by atoms with van der Waals surface area (Å²) in [5, 5.41) is 16.6. The molecule has 2 fully saturated rings. The minimum absolute atomic E-state index is 0.0600. The molecule has 2 unspecified atom stereocenters. The normalized spacial score (nSPS) is 19.5. The van der Waals surface area contributed by atoms with Gasteiger partial charge in [0.1, 0.15) is 17.2 Å². The summed E-state index contributed by atoms with van der Waals surface area (Å²) in [5.41, 5.74) is 2.19. The lowest BCUT2D eigenvalue weighted by Gasteiger charge is -2.17. The van der Waals surface area contributed by atoms with Gasteiger partial charge in [0.15, 0.2) is 0 Å². The number of carboxylic acids is 1. The molecule has 0 aliphatic carbocycles. The Morgan fingerprint density at radius 2 is 2.06 bits per heavy atom. The molecule has 0 spiro atoms. The number of unbranched alkanes of at least 4 members (excludes halogenated alkanes) is 4. The van der Waals surface area contributed by atoms with Gasteiger partial charge in [-0.15, -0.1) is 0 Å². The summed E-state index contributed by atoms with van der Waals surface area (Å²) in [5.74, 6) is 0.460. The molecule has 4 N–H and O–H groups in total. The fraction of sp³-hybridized carbons (Fsp3) is 0.480. The SMILES string of the molecule is CCCCCCCc1nc(Nc2ccc(N3CC4CNCC4C3=O)cn2)nc2[nH]c(C(=O)O)cc12. The first-order chi connectivity index (χ1) is 17.0. The summed E-state index contributed by atoms with van der Waals surface area (Å²) in [6.07, 6.45) is 8.09. The molecule has 0 radical (unpaired) electrons. The third kappa shape index (κ3) is 4.84. The van der Waals surface area contributed by atoms with Crippen molar-refractivity contribution < 1.29 is 14.7 Å². The number of hydrogen-bond acceptors (Lipinski definition) is 7. The summed E-state index contributed by atoms with van der Waals surface area (Å²) in [6.45, 7) is 4.52. The topological polar surface area (TPSA) is 136 Å². The Hall–Kier alpha value is -3.53. The Labute approximate surface area is 203 Å². The van der Waals surface area contributed by atoms with Crippen molar-refractivity contribution in [1.82, 2.24) is 25.3 Å². The van der Waals surface area contributed by atoms with Gasteiger partial charge >= 0.3 is 5.97 Å². The van der Waals surface area contributed by atoms with Gasteiger partial charge in [-0.2, -0.15) is 4.98 Å². The number of anilines is 3. The van der Waals surface area contributed by atoms with Crippen molar-refractivity contribution in [2.45, 2.75) is 45.4 Å². The van der Waals surface area contributed by atoms with Crippen LogP contribution in [-0.2, 0) is 11.2 Å². The van der Waals surface area contributed by atoms with E-state index < -0.39 is 5.97 Å². The molecule has 2 aliphatic heterocycles. The van der Waals surface area contributed by atoms with Gasteiger partial charge in [-0.3, -0.25) is 4.79 Å². The number of carbonyl (C=O) groups excluding carboxylic acids is 1. The number of aromatic carboxylic acids is 1. The van der Waals surface area contributed by atoms with Crippen molar-refractivity contribution >= 4 is 40.4 Å². The van der Waals surface area contributed by atoms with Crippen LogP contribution in [0.25, 0.3) is 11.0 Å². The zero-order valence-electron chi connectivity index (χ0n) is 19.9. The molecule has 5 heterocycles. The Balaban J connectivity index is 1.33. The van der Waals surface area contributed by atoms with Crippen LogP contribution in [0.4, 0.5) is 17.5 Å². The number of aromatic nitrogens is 4. The summed E-state index contributed by atoms with van der Waals surface area (Å²) in [6, 6.07) is 5.30. The van der Waals surface area contributed by atoms with E-state index in [1.165, 1.54) is 19.3 Å². The Morgan fingerprint density at radius 1 is 1.20 bits per heavy atom. The lowest BCUT2D eigenvalue weighted by Crippen LogP contribution is -2.30. The van der Waals surface area contributed by atoms with Crippen molar-refractivity contribution in [3.05, 3.63) is 35.8 Å². The van der Waals surface area contributed by atoms with Crippen LogP contribution >= 0.6 is 0 Å². The number of hydrogen-bond donors (Lipinski definition) is 4. The highest BCUT2D eigenvalue weighted by atomic mass is 16.4. The molecule has 10 nitrogen and oxygen atoms in total. The van der Waals surface area contributed by atoms with E-state index in [2.05, 4.69) is 32.5 Å². The number of aromatic amines is 1. The van der Waals surface area contributed by atoms with Crippen LogP contribution in [0.1, 0.15) is 55.2 Å². The fourth-order valence-corrected chi connectivity index (χ4v) is 5.03. The molecule has 2 atom stereocenters. The Bertz CT molecular complexity index is 1220. The van der Waals surface area contributed by atoms with Gasteiger partial charge in [0.05, 0.1) is 23.5 Å². The van der Waals surface area contributed by atoms with E-state index in [1.54, 1.807) is 12.3 Å². The van der Waals surface area contributed by atoms with Crippen LogP contribution < -0.4 is 15.5 Å². The van der Waals surface area contributed by atoms with Crippen molar-refractivity contribution in [3.63, 3.8) is 0 Å². The first kappa shape index (κ1) is 23.2. The highest BCUT2D eigenvalue weighted by molar-refractivity contribution is 5.98. The quantitative estimate of drug-likeness (QED) is 0.326. The number of H-pyrrole nitrogens is 1. The molecule has 35 heavy (non-hydrogen) atoms. The smallest absolute Gasteiger partial charge is 0.352 e. The Morgan fingerprint density at radius 3 is 2.80 bits per heavy atom. The van der Waals surface area contributed by atoms with Crippen LogP contribution in [0.5, 0.6) is 0 Å². The van der Waals surface area contributed by atoms with E-state index in [4.69, 9.17) is 4.98 Å². The molecule has 10 heteroatoms. The molecule has 184 valence electrons. The van der Waals surface area contributed by atoms with Crippen LogP contribution in [0.3, 0.4) is 0 Å². The zero-order chi connectivity index (χ0) is 24.4. The molecular formula is C25H31N7O3. The van der Waals surface area contributed by atoms with Crippen LogP contribution in [0, 0.1) is 11.8 Å². The van der Waals surface area contributed by atoms with Crippen molar-refractivity contribution in [3.8, 4) is 0 Å². The molecule has 0 bridgehead atoms. The number of aryl methyl sites for hydroxylation is 1. The number of nitrogens with one attached hydrogen (secondary N) is 3. The van der Waals surface area contributed by atoms with Gasteiger partial charge in [0.25, 0.3) is 0 Å². The maximum atomic E-state index is 12.7. The predicted molar refractivity (Wildman–Crippen MR) is 133 cm³/mol. The first-order valence-electron chi connectivity index (χ1n) is 12.4. The van der Waals surface area contributed by atoms with E-state index >= 15 is 0 Å². The van der Waals surface area contributed by atoms with Gasteiger partial charge in [-0.1, -0.05) is 32.6 Å². The number of carbonyl (C=O) groups is 2. The standard InChI is InChI=1S/C25H31N7O3/c1-2-3-4-5-6-7-19-17-10-20(24(34)35)28-22(17)31-25(29-19)30-21-9-8-16(12-27-21)32-14-15-11-26-13-18(15)23(32)33/h8-10,12,15,18,26H,2-7,11,13-14H2,1H3,(H,34,35)(H2,27,28,29,30,31). The van der Waals surface area contributed by atoms with Crippen molar-refractivity contribution in [1.29, 1.82) is 0 Å².